The average molecular weight is 336 g/mol. The third kappa shape index (κ3) is 4.97. The second kappa shape index (κ2) is 8.01. The molecule has 1 aromatic rings. The van der Waals surface area contributed by atoms with Crippen molar-refractivity contribution in [2.24, 2.45) is 10.4 Å². The molecule has 1 saturated carbocycles. The van der Waals surface area contributed by atoms with Crippen molar-refractivity contribution >= 4 is 5.96 Å². The highest BCUT2D eigenvalue weighted by Gasteiger charge is 2.36. The van der Waals surface area contributed by atoms with Gasteiger partial charge in [-0.3, -0.25) is 4.99 Å². The second-order valence-corrected chi connectivity index (χ2v) is 7.74. The van der Waals surface area contributed by atoms with E-state index in [9.17, 15) is 0 Å². The van der Waals surface area contributed by atoms with Crippen molar-refractivity contribution < 1.29 is 9.15 Å². The van der Waals surface area contributed by atoms with Crippen LogP contribution in [0.1, 0.15) is 58.1 Å². The summed E-state index contributed by atoms with van der Waals surface area (Å²) in [5.74, 6) is 2.37. The van der Waals surface area contributed by atoms with Crippen LogP contribution in [0.3, 0.4) is 0 Å². The van der Waals surface area contributed by atoms with Crippen LogP contribution in [-0.4, -0.2) is 38.3 Å². The molecule has 6 heteroatoms. The van der Waals surface area contributed by atoms with Gasteiger partial charge in [-0.05, 0) is 24.7 Å². The highest BCUT2D eigenvalue weighted by molar-refractivity contribution is 5.79. The molecule has 0 radical (unpaired) electrons. The molecule has 6 nitrogen and oxygen atoms in total. The lowest BCUT2D eigenvalue weighted by molar-refractivity contribution is 0.0732. The number of aliphatic imine (C=N–C) groups is 1. The zero-order valence-corrected chi connectivity index (χ0v) is 15.7. The van der Waals surface area contributed by atoms with Crippen molar-refractivity contribution in [3.8, 4) is 0 Å². The lowest BCUT2D eigenvalue weighted by atomic mass is 9.67. The summed E-state index contributed by atoms with van der Waals surface area (Å²) in [5, 5.41) is 6.72. The summed E-state index contributed by atoms with van der Waals surface area (Å²) in [5.41, 5.74) is 0.332. The van der Waals surface area contributed by atoms with E-state index in [4.69, 9.17) is 9.15 Å². The van der Waals surface area contributed by atoms with E-state index in [1.54, 1.807) is 20.4 Å². The number of nitrogens with one attached hydrogen (secondary N) is 2. The minimum Gasteiger partial charge on any atom is -0.443 e. The SMILES string of the molecule is CN=C(NCc1ncc(C(C)(C)C)o1)NCC1(CCOC)CCC1. The van der Waals surface area contributed by atoms with E-state index < -0.39 is 0 Å². The first-order valence-electron chi connectivity index (χ1n) is 8.77. The Morgan fingerprint density at radius 2 is 2.12 bits per heavy atom. The Morgan fingerprint density at radius 3 is 2.62 bits per heavy atom. The Labute approximate surface area is 145 Å². The summed E-state index contributed by atoms with van der Waals surface area (Å²) in [7, 11) is 3.55. The summed E-state index contributed by atoms with van der Waals surface area (Å²) in [6.45, 7) is 8.62. The van der Waals surface area contributed by atoms with Crippen LogP contribution in [0, 0.1) is 5.41 Å². The van der Waals surface area contributed by atoms with Crippen LogP contribution >= 0.6 is 0 Å². The predicted octanol–water partition coefficient (Wildman–Crippen LogP) is 2.84. The molecule has 2 N–H and O–H groups in total. The molecule has 1 aromatic heterocycles. The predicted molar refractivity (Wildman–Crippen MR) is 96.2 cm³/mol. The van der Waals surface area contributed by atoms with E-state index >= 15 is 0 Å². The standard InChI is InChI=1S/C18H32N4O2/c1-17(2,3)14-11-20-15(24-14)12-21-16(19-4)22-13-18(7-6-8-18)9-10-23-5/h11H,6-10,12-13H2,1-5H3,(H2,19,21,22). The molecular formula is C18H32N4O2. The van der Waals surface area contributed by atoms with Crippen LogP contribution < -0.4 is 10.6 Å². The summed E-state index contributed by atoms with van der Waals surface area (Å²) in [6.07, 6.45) is 6.73. The van der Waals surface area contributed by atoms with Gasteiger partial charge in [-0.2, -0.15) is 0 Å². The largest absolute Gasteiger partial charge is 0.443 e. The zero-order chi connectivity index (χ0) is 17.6. The molecule has 1 heterocycles. The van der Waals surface area contributed by atoms with Gasteiger partial charge in [0, 0.05) is 32.7 Å². The van der Waals surface area contributed by atoms with Gasteiger partial charge in [0.2, 0.25) is 5.89 Å². The number of hydrogen-bond donors (Lipinski definition) is 2. The molecule has 0 atom stereocenters. The van der Waals surface area contributed by atoms with E-state index in [1.165, 1.54) is 19.3 Å². The van der Waals surface area contributed by atoms with Crippen LogP contribution in [0.2, 0.25) is 0 Å². The van der Waals surface area contributed by atoms with Gasteiger partial charge in [-0.15, -0.1) is 0 Å². The lowest BCUT2D eigenvalue weighted by Crippen LogP contribution is -2.46. The van der Waals surface area contributed by atoms with Gasteiger partial charge in [0.05, 0.1) is 12.7 Å². The Morgan fingerprint density at radius 1 is 1.38 bits per heavy atom. The second-order valence-electron chi connectivity index (χ2n) is 7.74. The van der Waals surface area contributed by atoms with Crippen LogP contribution in [0.5, 0.6) is 0 Å². The quantitative estimate of drug-likeness (QED) is 0.592. The number of hydrogen-bond acceptors (Lipinski definition) is 4. The van der Waals surface area contributed by atoms with Gasteiger partial charge >= 0.3 is 0 Å². The third-order valence-electron chi connectivity index (χ3n) is 4.80. The van der Waals surface area contributed by atoms with Gasteiger partial charge in [0.25, 0.3) is 0 Å². The van der Waals surface area contributed by atoms with E-state index in [1.807, 2.05) is 0 Å². The molecule has 1 fully saturated rings. The normalized spacial score (nSPS) is 17.5. The number of aromatic nitrogens is 1. The highest BCUT2D eigenvalue weighted by atomic mass is 16.5. The topological polar surface area (TPSA) is 71.7 Å². The number of guanidine groups is 1. The molecule has 0 aliphatic heterocycles. The van der Waals surface area contributed by atoms with Crippen molar-refractivity contribution in [3.63, 3.8) is 0 Å². The summed E-state index contributed by atoms with van der Waals surface area (Å²) in [6, 6.07) is 0. The zero-order valence-electron chi connectivity index (χ0n) is 15.7. The van der Waals surface area contributed by atoms with E-state index in [0.717, 1.165) is 31.3 Å². The molecule has 2 rings (SSSR count). The minimum atomic E-state index is -0.0247. The van der Waals surface area contributed by atoms with Crippen molar-refractivity contribution in [3.05, 3.63) is 17.8 Å². The first-order valence-corrected chi connectivity index (χ1v) is 8.77. The Kier molecular flexibility index (Phi) is 6.27. The molecular weight excluding hydrogens is 304 g/mol. The van der Waals surface area contributed by atoms with Gasteiger partial charge in [-0.25, -0.2) is 4.98 Å². The molecule has 1 aliphatic rings. The molecule has 0 bridgehead atoms. The average Bonchev–Trinajstić information content (AvgIpc) is 2.97. The monoisotopic (exact) mass is 336 g/mol. The van der Waals surface area contributed by atoms with E-state index in [2.05, 4.69) is 41.4 Å². The van der Waals surface area contributed by atoms with Crippen LogP contribution in [-0.2, 0) is 16.7 Å². The fraction of sp³-hybridized carbons (Fsp3) is 0.778. The maximum atomic E-state index is 5.80. The first kappa shape index (κ1) is 18.8. The van der Waals surface area contributed by atoms with Crippen molar-refractivity contribution in [2.75, 3.05) is 27.3 Å². The number of ether oxygens (including phenoxy) is 1. The molecule has 136 valence electrons. The summed E-state index contributed by atoms with van der Waals surface area (Å²) < 4.78 is 11.0. The van der Waals surface area contributed by atoms with Gasteiger partial charge in [0.15, 0.2) is 5.96 Å². The summed E-state index contributed by atoms with van der Waals surface area (Å²) in [4.78, 5) is 8.63. The number of rotatable bonds is 7. The third-order valence-corrected chi connectivity index (χ3v) is 4.80. The number of nitrogens with zero attached hydrogens (tertiary/aromatic N) is 2. The maximum absolute atomic E-state index is 5.80. The molecule has 0 aromatic carbocycles. The lowest BCUT2D eigenvalue weighted by Gasteiger charge is -2.42. The van der Waals surface area contributed by atoms with Crippen molar-refractivity contribution in [1.29, 1.82) is 0 Å². The smallest absolute Gasteiger partial charge is 0.213 e. The fourth-order valence-electron chi connectivity index (χ4n) is 2.90. The van der Waals surface area contributed by atoms with Gasteiger partial charge in [-0.1, -0.05) is 27.2 Å². The number of oxazole rings is 1. The van der Waals surface area contributed by atoms with Gasteiger partial charge in [0.1, 0.15) is 5.76 Å². The molecule has 0 amide bonds. The molecule has 24 heavy (non-hydrogen) atoms. The fourth-order valence-corrected chi connectivity index (χ4v) is 2.90. The van der Waals surface area contributed by atoms with E-state index in [-0.39, 0.29) is 5.41 Å². The van der Waals surface area contributed by atoms with Crippen LogP contribution in [0.15, 0.2) is 15.6 Å². The Hall–Kier alpha value is -1.56. The molecule has 0 unspecified atom stereocenters. The Balaban J connectivity index is 1.81. The van der Waals surface area contributed by atoms with E-state index in [0.29, 0.717) is 17.9 Å². The number of methoxy groups -OCH3 is 1. The van der Waals surface area contributed by atoms with Crippen LogP contribution in [0.4, 0.5) is 0 Å². The molecule has 1 aliphatic carbocycles. The van der Waals surface area contributed by atoms with Gasteiger partial charge < -0.3 is 19.8 Å². The maximum Gasteiger partial charge on any atom is 0.213 e. The first-order chi connectivity index (χ1) is 11.4. The minimum absolute atomic E-state index is 0.0247. The summed E-state index contributed by atoms with van der Waals surface area (Å²) >= 11 is 0. The molecule has 0 spiro atoms. The molecule has 0 saturated heterocycles. The highest BCUT2D eigenvalue weighted by Crippen LogP contribution is 2.43. The van der Waals surface area contributed by atoms with Crippen molar-refractivity contribution in [1.82, 2.24) is 15.6 Å². The van der Waals surface area contributed by atoms with Crippen molar-refractivity contribution in [2.45, 2.75) is 58.4 Å². The Bertz CT molecular complexity index is 541. The van der Waals surface area contributed by atoms with Crippen LogP contribution in [0.25, 0.3) is 0 Å².